The predicted octanol–water partition coefficient (Wildman–Crippen LogP) is 1.31. The van der Waals surface area contributed by atoms with Gasteiger partial charge in [-0.2, -0.15) is 0 Å². The van der Waals surface area contributed by atoms with Gasteiger partial charge in [-0.3, -0.25) is 0 Å². The average Bonchev–Trinajstić information content (AvgIpc) is 2.32. The van der Waals surface area contributed by atoms with Crippen LogP contribution in [0.1, 0.15) is 18.9 Å². The van der Waals surface area contributed by atoms with Crippen LogP contribution in [0.4, 0.5) is 0 Å². The van der Waals surface area contributed by atoms with Crippen LogP contribution in [0.3, 0.4) is 0 Å². The zero-order valence-corrected chi connectivity index (χ0v) is 11.1. The second kappa shape index (κ2) is 8.08. The first-order chi connectivity index (χ1) is 8.61. The summed E-state index contributed by atoms with van der Waals surface area (Å²) >= 11 is 0. The van der Waals surface area contributed by atoms with E-state index >= 15 is 0 Å². The van der Waals surface area contributed by atoms with Crippen molar-refractivity contribution in [1.82, 2.24) is 5.32 Å². The molecule has 0 bridgehead atoms. The number of rotatable bonds is 8. The van der Waals surface area contributed by atoms with Crippen LogP contribution in [-0.4, -0.2) is 42.6 Å². The Labute approximate surface area is 109 Å². The number of methoxy groups -OCH3 is 1. The summed E-state index contributed by atoms with van der Waals surface area (Å²) in [6.07, 6.45) is 1.19. The van der Waals surface area contributed by atoms with Crippen molar-refractivity contribution in [3.63, 3.8) is 0 Å². The van der Waals surface area contributed by atoms with E-state index in [-0.39, 0.29) is 0 Å². The van der Waals surface area contributed by atoms with Crippen molar-refractivity contribution in [2.75, 3.05) is 20.3 Å². The molecule has 0 aliphatic carbocycles. The van der Waals surface area contributed by atoms with Gasteiger partial charge in [0.1, 0.15) is 5.75 Å². The topological polar surface area (TPSA) is 61.7 Å². The summed E-state index contributed by atoms with van der Waals surface area (Å²) in [7, 11) is 1.59. The normalized spacial score (nSPS) is 14.4. The van der Waals surface area contributed by atoms with Gasteiger partial charge in [0.2, 0.25) is 0 Å². The van der Waals surface area contributed by atoms with Crippen LogP contribution in [0.25, 0.3) is 0 Å². The number of phenolic OH excluding ortho intramolecular Hbond substituents is 1. The maximum Gasteiger partial charge on any atom is 0.115 e. The van der Waals surface area contributed by atoms with Gasteiger partial charge in [-0.1, -0.05) is 12.1 Å². The number of benzene rings is 1. The van der Waals surface area contributed by atoms with Gasteiger partial charge in [-0.05, 0) is 44.0 Å². The first-order valence-electron chi connectivity index (χ1n) is 6.30. The third kappa shape index (κ3) is 6.00. The van der Waals surface area contributed by atoms with Crippen LogP contribution in [-0.2, 0) is 11.2 Å². The lowest BCUT2D eigenvalue weighted by Gasteiger charge is -2.15. The van der Waals surface area contributed by atoms with Crippen LogP contribution in [0.15, 0.2) is 24.3 Å². The van der Waals surface area contributed by atoms with Crippen LogP contribution >= 0.6 is 0 Å². The number of phenols is 1. The quantitative estimate of drug-likeness (QED) is 0.654. The van der Waals surface area contributed by atoms with Gasteiger partial charge in [0.25, 0.3) is 0 Å². The van der Waals surface area contributed by atoms with E-state index < -0.39 is 6.10 Å². The molecule has 0 saturated heterocycles. The number of nitrogens with one attached hydrogen (secondary N) is 1. The molecule has 0 amide bonds. The van der Waals surface area contributed by atoms with Gasteiger partial charge in [0.05, 0.1) is 12.7 Å². The molecule has 3 N–H and O–H groups in total. The summed E-state index contributed by atoms with van der Waals surface area (Å²) < 4.78 is 4.87. The van der Waals surface area contributed by atoms with Crippen molar-refractivity contribution < 1.29 is 14.9 Å². The molecule has 0 saturated carbocycles. The van der Waals surface area contributed by atoms with Crippen molar-refractivity contribution in [3.8, 4) is 5.75 Å². The molecule has 0 aromatic heterocycles. The van der Waals surface area contributed by atoms with E-state index in [9.17, 15) is 10.2 Å². The minimum absolute atomic E-state index is 0.294. The van der Waals surface area contributed by atoms with Crippen LogP contribution in [0.5, 0.6) is 5.75 Å². The lowest BCUT2D eigenvalue weighted by molar-refractivity contribution is 0.0591. The molecule has 0 spiro atoms. The average molecular weight is 253 g/mol. The Kier molecular flexibility index (Phi) is 6.72. The summed E-state index contributed by atoms with van der Waals surface area (Å²) in [4.78, 5) is 0. The largest absolute Gasteiger partial charge is 0.508 e. The fraction of sp³-hybridized carbons (Fsp3) is 0.571. The lowest BCUT2D eigenvalue weighted by atomic mass is 10.1. The molecule has 2 unspecified atom stereocenters. The molecule has 1 aromatic carbocycles. The van der Waals surface area contributed by atoms with Gasteiger partial charge in [0.15, 0.2) is 0 Å². The Morgan fingerprint density at radius 2 is 1.94 bits per heavy atom. The maximum absolute atomic E-state index is 9.49. The molecular formula is C14H23NO3. The Morgan fingerprint density at radius 3 is 2.56 bits per heavy atom. The van der Waals surface area contributed by atoms with Gasteiger partial charge in [-0.25, -0.2) is 0 Å². The first-order valence-corrected chi connectivity index (χ1v) is 6.30. The second-order valence-electron chi connectivity index (χ2n) is 4.62. The second-order valence-corrected chi connectivity index (χ2v) is 4.62. The number of hydrogen-bond acceptors (Lipinski definition) is 4. The Hall–Kier alpha value is -1.10. The van der Waals surface area contributed by atoms with Crippen molar-refractivity contribution in [2.45, 2.75) is 31.9 Å². The minimum atomic E-state index is -0.400. The van der Waals surface area contributed by atoms with Gasteiger partial charge >= 0.3 is 0 Å². The smallest absolute Gasteiger partial charge is 0.115 e. The molecule has 1 aromatic rings. The molecule has 18 heavy (non-hydrogen) atoms. The van der Waals surface area contributed by atoms with E-state index in [1.165, 1.54) is 5.56 Å². The summed E-state index contributed by atoms with van der Waals surface area (Å²) in [5, 5.41) is 22.0. The maximum atomic E-state index is 9.49. The predicted molar refractivity (Wildman–Crippen MR) is 71.8 cm³/mol. The summed E-state index contributed by atoms with van der Waals surface area (Å²) in [6.45, 7) is 3.26. The van der Waals surface area contributed by atoms with E-state index in [0.717, 1.165) is 13.0 Å². The van der Waals surface area contributed by atoms with E-state index in [2.05, 4.69) is 12.2 Å². The molecule has 0 heterocycles. The van der Waals surface area contributed by atoms with E-state index in [4.69, 9.17) is 4.74 Å². The molecule has 102 valence electrons. The summed E-state index contributed by atoms with van der Waals surface area (Å²) in [6, 6.07) is 7.58. The van der Waals surface area contributed by atoms with Crippen LogP contribution < -0.4 is 5.32 Å². The molecule has 4 heteroatoms. The third-order valence-electron chi connectivity index (χ3n) is 2.81. The van der Waals surface area contributed by atoms with Crippen molar-refractivity contribution in [3.05, 3.63) is 29.8 Å². The molecule has 0 radical (unpaired) electrons. The van der Waals surface area contributed by atoms with Crippen LogP contribution in [0.2, 0.25) is 0 Å². The number of hydrogen-bond donors (Lipinski definition) is 3. The zero-order chi connectivity index (χ0) is 13.4. The van der Waals surface area contributed by atoms with Gasteiger partial charge in [0, 0.05) is 13.2 Å². The van der Waals surface area contributed by atoms with E-state index in [1.54, 1.807) is 19.2 Å². The molecule has 0 aliphatic rings. The monoisotopic (exact) mass is 253 g/mol. The fourth-order valence-corrected chi connectivity index (χ4v) is 1.83. The number of aliphatic hydroxyl groups is 1. The Bertz CT molecular complexity index is 326. The first kappa shape index (κ1) is 15.0. The fourth-order valence-electron chi connectivity index (χ4n) is 1.83. The van der Waals surface area contributed by atoms with Gasteiger partial charge < -0.3 is 20.3 Å². The summed E-state index contributed by atoms with van der Waals surface area (Å²) in [5.41, 5.74) is 1.19. The number of ether oxygens (including phenoxy) is 1. The Morgan fingerprint density at radius 1 is 1.28 bits per heavy atom. The highest BCUT2D eigenvalue weighted by atomic mass is 16.5. The van der Waals surface area contributed by atoms with Crippen molar-refractivity contribution >= 4 is 0 Å². The van der Waals surface area contributed by atoms with E-state index in [1.807, 2.05) is 12.1 Å². The summed E-state index contributed by atoms with van der Waals surface area (Å²) in [5.74, 6) is 0.294. The molecule has 0 aliphatic heterocycles. The Balaban J connectivity index is 2.21. The molecular weight excluding hydrogens is 230 g/mol. The highest BCUT2D eigenvalue weighted by Gasteiger charge is 2.06. The highest BCUT2D eigenvalue weighted by Crippen LogP contribution is 2.11. The zero-order valence-electron chi connectivity index (χ0n) is 11.1. The highest BCUT2D eigenvalue weighted by molar-refractivity contribution is 5.26. The third-order valence-corrected chi connectivity index (χ3v) is 2.81. The van der Waals surface area contributed by atoms with Gasteiger partial charge in [-0.15, -0.1) is 0 Å². The number of aromatic hydroxyl groups is 1. The molecule has 4 nitrogen and oxygen atoms in total. The van der Waals surface area contributed by atoms with Crippen LogP contribution in [0, 0.1) is 0 Å². The SMILES string of the molecule is COCC(O)CCNC(C)Cc1ccc(O)cc1. The minimum Gasteiger partial charge on any atom is -0.508 e. The number of aliphatic hydroxyl groups excluding tert-OH is 1. The molecule has 0 fully saturated rings. The lowest BCUT2D eigenvalue weighted by Crippen LogP contribution is -2.31. The molecule has 2 atom stereocenters. The van der Waals surface area contributed by atoms with E-state index in [0.29, 0.717) is 24.8 Å². The van der Waals surface area contributed by atoms with Crippen molar-refractivity contribution in [2.24, 2.45) is 0 Å². The standard InChI is InChI=1S/C14H23NO3/c1-11(15-8-7-14(17)10-18-2)9-12-3-5-13(16)6-4-12/h3-6,11,14-17H,7-10H2,1-2H3. The molecule has 1 rings (SSSR count). The van der Waals surface area contributed by atoms with Crippen molar-refractivity contribution in [1.29, 1.82) is 0 Å².